The van der Waals surface area contributed by atoms with Crippen molar-refractivity contribution in [1.29, 1.82) is 0 Å². The Morgan fingerprint density at radius 3 is 2.58 bits per heavy atom. The van der Waals surface area contributed by atoms with Gasteiger partial charge in [0.05, 0.1) is 11.4 Å². The van der Waals surface area contributed by atoms with Gasteiger partial charge in [-0.1, -0.05) is 19.8 Å². The van der Waals surface area contributed by atoms with Crippen LogP contribution in [0.3, 0.4) is 0 Å². The summed E-state index contributed by atoms with van der Waals surface area (Å²) in [6.07, 6.45) is 3.63. The van der Waals surface area contributed by atoms with Crippen LogP contribution in [-0.4, -0.2) is 19.8 Å². The van der Waals surface area contributed by atoms with Crippen LogP contribution in [0.25, 0.3) is 0 Å². The summed E-state index contributed by atoms with van der Waals surface area (Å²) in [4.78, 5) is 0. The molecule has 1 rings (SSSR count). The molecule has 0 aromatic rings. The lowest BCUT2D eigenvalue weighted by Gasteiger charge is -2.04. The van der Waals surface area contributed by atoms with E-state index in [9.17, 15) is 8.42 Å². The predicted molar refractivity (Wildman–Crippen MR) is 47.4 cm³/mol. The Morgan fingerprint density at radius 2 is 2.17 bits per heavy atom. The third-order valence-electron chi connectivity index (χ3n) is 2.24. The summed E-state index contributed by atoms with van der Waals surface area (Å²) in [5, 5.41) is -0.306. The molecule has 2 unspecified atom stereocenters. The second-order valence-electron chi connectivity index (χ2n) is 3.40. The van der Waals surface area contributed by atoms with E-state index in [0.717, 1.165) is 19.3 Å². The van der Waals surface area contributed by atoms with Gasteiger partial charge in [0.1, 0.15) is 0 Å². The fourth-order valence-corrected chi connectivity index (χ4v) is 2.60. The summed E-state index contributed by atoms with van der Waals surface area (Å²) in [5.41, 5.74) is 0. The fraction of sp³-hybridized carbons (Fsp3) is 1.00. The van der Waals surface area contributed by atoms with E-state index in [1.807, 2.05) is 0 Å². The minimum absolute atomic E-state index is 0.0510. The molecule has 0 saturated carbocycles. The number of rotatable bonds is 3. The molecular weight excluding hydrogens is 176 g/mol. The Labute approximate surface area is 74.2 Å². The van der Waals surface area contributed by atoms with Gasteiger partial charge in [0.15, 0.2) is 0 Å². The summed E-state index contributed by atoms with van der Waals surface area (Å²) < 4.78 is 27.2. The number of hydrogen-bond acceptors (Lipinski definition) is 3. The molecule has 0 aliphatic carbocycles. The standard InChI is InChI=1S/C8H16O3S/c1-3-4-5-8-6-7(2)12(9,10)11-8/h7-8H,3-6H2,1-2H3. The van der Waals surface area contributed by atoms with Gasteiger partial charge >= 0.3 is 0 Å². The largest absolute Gasteiger partial charge is 0.270 e. The lowest BCUT2D eigenvalue weighted by atomic mass is 10.1. The molecule has 1 aliphatic rings. The van der Waals surface area contributed by atoms with Crippen molar-refractivity contribution in [3.05, 3.63) is 0 Å². The second-order valence-corrected chi connectivity index (χ2v) is 5.38. The average molecular weight is 192 g/mol. The maximum atomic E-state index is 11.1. The Balaban J connectivity index is 2.44. The zero-order valence-corrected chi connectivity index (χ0v) is 8.43. The molecule has 3 nitrogen and oxygen atoms in total. The van der Waals surface area contributed by atoms with Crippen molar-refractivity contribution in [3.8, 4) is 0 Å². The highest BCUT2D eigenvalue weighted by Gasteiger charge is 2.35. The third kappa shape index (κ3) is 2.20. The van der Waals surface area contributed by atoms with Crippen LogP contribution >= 0.6 is 0 Å². The topological polar surface area (TPSA) is 43.4 Å². The van der Waals surface area contributed by atoms with Crippen molar-refractivity contribution in [2.45, 2.75) is 50.9 Å². The minimum atomic E-state index is -3.20. The summed E-state index contributed by atoms with van der Waals surface area (Å²) in [6.45, 7) is 3.80. The van der Waals surface area contributed by atoms with E-state index in [-0.39, 0.29) is 11.4 Å². The smallest absolute Gasteiger partial charge is 0.267 e. The monoisotopic (exact) mass is 192 g/mol. The zero-order valence-electron chi connectivity index (χ0n) is 7.62. The van der Waals surface area contributed by atoms with Crippen LogP contribution in [0.5, 0.6) is 0 Å². The zero-order chi connectivity index (χ0) is 9.19. The van der Waals surface area contributed by atoms with E-state index >= 15 is 0 Å². The lowest BCUT2D eigenvalue weighted by molar-refractivity contribution is 0.220. The van der Waals surface area contributed by atoms with Crippen molar-refractivity contribution >= 4 is 10.1 Å². The molecule has 1 saturated heterocycles. The lowest BCUT2D eigenvalue weighted by Crippen LogP contribution is -2.09. The second kappa shape index (κ2) is 3.75. The maximum Gasteiger partial charge on any atom is 0.270 e. The molecule has 0 bridgehead atoms. The van der Waals surface area contributed by atoms with Gasteiger partial charge in [0.25, 0.3) is 10.1 Å². The van der Waals surface area contributed by atoms with Crippen LogP contribution in [0.2, 0.25) is 0 Å². The molecule has 0 N–H and O–H groups in total. The summed E-state index contributed by atoms with van der Waals surface area (Å²) in [5.74, 6) is 0. The third-order valence-corrected chi connectivity index (χ3v) is 3.96. The van der Waals surface area contributed by atoms with E-state index in [0.29, 0.717) is 6.42 Å². The SMILES string of the molecule is CCCCC1CC(C)S(=O)(=O)O1. The first-order valence-corrected chi connectivity index (χ1v) is 5.95. The van der Waals surface area contributed by atoms with E-state index in [4.69, 9.17) is 4.18 Å². The van der Waals surface area contributed by atoms with Gasteiger partial charge in [-0.3, -0.25) is 4.18 Å². The van der Waals surface area contributed by atoms with Crippen molar-refractivity contribution in [2.75, 3.05) is 0 Å². The predicted octanol–water partition coefficient (Wildman–Crippen LogP) is 1.68. The molecule has 2 atom stereocenters. The van der Waals surface area contributed by atoms with Crippen molar-refractivity contribution < 1.29 is 12.6 Å². The van der Waals surface area contributed by atoms with Gasteiger partial charge < -0.3 is 0 Å². The van der Waals surface area contributed by atoms with Gasteiger partial charge in [-0.15, -0.1) is 0 Å². The van der Waals surface area contributed by atoms with E-state index in [1.54, 1.807) is 6.92 Å². The van der Waals surface area contributed by atoms with Gasteiger partial charge in [0.2, 0.25) is 0 Å². The highest BCUT2D eigenvalue weighted by molar-refractivity contribution is 7.87. The molecule has 0 spiro atoms. The van der Waals surface area contributed by atoms with Crippen LogP contribution in [0, 0.1) is 0 Å². The van der Waals surface area contributed by atoms with E-state index < -0.39 is 10.1 Å². The normalized spacial score (nSPS) is 33.8. The van der Waals surface area contributed by atoms with E-state index in [1.165, 1.54) is 0 Å². The highest BCUT2D eigenvalue weighted by Crippen LogP contribution is 2.26. The minimum Gasteiger partial charge on any atom is -0.267 e. The molecule has 1 aliphatic heterocycles. The molecule has 72 valence electrons. The molecule has 0 radical (unpaired) electrons. The molecule has 12 heavy (non-hydrogen) atoms. The molecular formula is C8H16O3S. The van der Waals surface area contributed by atoms with Crippen LogP contribution in [0.1, 0.15) is 39.5 Å². The quantitative estimate of drug-likeness (QED) is 0.639. The van der Waals surface area contributed by atoms with Gasteiger partial charge in [-0.05, 0) is 19.8 Å². The number of hydrogen-bond donors (Lipinski definition) is 0. The Kier molecular flexibility index (Phi) is 3.12. The van der Waals surface area contributed by atoms with Gasteiger partial charge in [0, 0.05) is 0 Å². The highest BCUT2D eigenvalue weighted by atomic mass is 32.2. The molecule has 0 aromatic heterocycles. The fourth-order valence-electron chi connectivity index (χ4n) is 1.41. The maximum absolute atomic E-state index is 11.1. The summed E-state index contributed by atoms with van der Waals surface area (Å²) in [7, 11) is -3.20. The first-order chi connectivity index (χ1) is 5.56. The van der Waals surface area contributed by atoms with Crippen LogP contribution in [0.15, 0.2) is 0 Å². The van der Waals surface area contributed by atoms with Crippen molar-refractivity contribution in [2.24, 2.45) is 0 Å². The van der Waals surface area contributed by atoms with E-state index in [2.05, 4.69) is 6.92 Å². The Bertz CT molecular complexity index is 233. The molecule has 0 amide bonds. The van der Waals surface area contributed by atoms with Crippen molar-refractivity contribution in [3.63, 3.8) is 0 Å². The van der Waals surface area contributed by atoms with Gasteiger partial charge in [-0.25, -0.2) is 0 Å². The van der Waals surface area contributed by atoms with Crippen LogP contribution in [0.4, 0.5) is 0 Å². The summed E-state index contributed by atoms with van der Waals surface area (Å²) in [6, 6.07) is 0. The molecule has 4 heteroatoms. The van der Waals surface area contributed by atoms with Gasteiger partial charge in [-0.2, -0.15) is 8.42 Å². The Hall–Kier alpha value is -0.0900. The van der Waals surface area contributed by atoms with Crippen LogP contribution < -0.4 is 0 Å². The molecule has 0 aromatic carbocycles. The van der Waals surface area contributed by atoms with Crippen LogP contribution in [-0.2, 0) is 14.3 Å². The first-order valence-electron chi connectivity index (χ1n) is 4.48. The average Bonchev–Trinajstić information content (AvgIpc) is 2.22. The number of unbranched alkanes of at least 4 members (excludes halogenated alkanes) is 1. The summed E-state index contributed by atoms with van der Waals surface area (Å²) >= 11 is 0. The van der Waals surface area contributed by atoms with Crippen molar-refractivity contribution in [1.82, 2.24) is 0 Å². The molecule has 1 heterocycles. The Morgan fingerprint density at radius 1 is 1.50 bits per heavy atom. The first kappa shape index (κ1) is 9.99. The molecule has 1 fully saturated rings.